The molecule has 1 unspecified atom stereocenters. The number of thiophene rings is 1. The van der Waals surface area contributed by atoms with Crippen LogP contribution in [0.5, 0.6) is 0 Å². The van der Waals surface area contributed by atoms with Crippen molar-refractivity contribution in [1.29, 1.82) is 0 Å². The highest BCUT2D eigenvalue weighted by atomic mass is 35.5. The number of amides is 1. The Morgan fingerprint density at radius 2 is 1.96 bits per heavy atom. The smallest absolute Gasteiger partial charge is 0.251 e. The molecule has 25 heavy (non-hydrogen) atoms. The van der Waals surface area contributed by atoms with Gasteiger partial charge in [-0.15, -0.1) is 11.3 Å². The maximum Gasteiger partial charge on any atom is 0.251 e. The van der Waals surface area contributed by atoms with E-state index < -0.39 is 11.6 Å². The molecule has 1 aromatic heterocycles. The SMILES string of the molecule is O=C(NCC1(C(F)c2cccs2)CCNCC1)c1cc(Cl)cc(Cl)c1. The van der Waals surface area contributed by atoms with Crippen LogP contribution in [0.25, 0.3) is 0 Å². The van der Waals surface area contributed by atoms with Crippen molar-refractivity contribution in [2.75, 3.05) is 19.6 Å². The average Bonchev–Trinajstić information content (AvgIpc) is 3.13. The predicted octanol–water partition coefficient (Wildman–Crippen LogP) is 4.87. The van der Waals surface area contributed by atoms with Gasteiger partial charge in [-0.1, -0.05) is 29.3 Å². The van der Waals surface area contributed by atoms with Gasteiger partial charge in [-0.3, -0.25) is 4.79 Å². The number of rotatable bonds is 5. The van der Waals surface area contributed by atoms with E-state index in [2.05, 4.69) is 10.6 Å². The first-order valence-electron chi connectivity index (χ1n) is 8.13. The van der Waals surface area contributed by atoms with Crippen LogP contribution in [0.15, 0.2) is 35.7 Å². The van der Waals surface area contributed by atoms with Crippen molar-refractivity contribution in [3.05, 3.63) is 56.2 Å². The molecule has 2 N–H and O–H groups in total. The maximum atomic E-state index is 15.3. The summed E-state index contributed by atoms with van der Waals surface area (Å²) in [5.74, 6) is -0.291. The Labute approximate surface area is 160 Å². The molecule has 1 aliphatic heterocycles. The Hall–Kier alpha value is -1.14. The molecular weight excluding hydrogens is 382 g/mol. The van der Waals surface area contributed by atoms with E-state index in [1.165, 1.54) is 11.3 Å². The summed E-state index contributed by atoms with van der Waals surface area (Å²) in [4.78, 5) is 13.2. The summed E-state index contributed by atoms with van der Waals surface area (Å²) >= 11 is 13.3. The van der Waals surface area contributed by atoms with Gasteiger partial charge in [-0.2, -0.15) is 0 Å². The van der Waals surface area contributed by atoms with Gasteiger partial charge in [0.1, 0.15) is 6.17 Å². The van der Waals surface area contributed by atoms with Crippen LogP contribution in [0, 0.1) is 5.41 Å². The van der Waals surface area contributed by atoms with Gasteiger partial charge in [-0.25, -0.2) is 4.39 Å². The van der Waals surface area contributed by atoms with E-state index in [1.807, 2.05) is 17.5 Å². The van der Waals surface area contributed by atoms with Crippen molar-refractivity contribution in [3.63, 3.8) is 0 Å². The Balaban J connectivity index is 1.75. The zero-order chi connectivity index (χ0) is 17.9. The summed E-state index contributed by atoms with van der Waals surface area (Å²) in [6, 6.07) is 8.36. The van der Waals surface area contributed by atoms with Crippen molar-refractivity contribution in [1.82, 2.24) is 10.6 Å². The third-order valence-electron chi connectivity index (χ3n) is 4.66. The monoisotopic (exact) mass is 400 g/mol. The average molecular weight is 401 g/mol. The molecular formula is C18H19Cl2FN2OS. The Bertz CT molecular complexity index is 712. The van der Waals surface area contributed by atoms with Crippen LogP contribution >= 0.6 is 34.5 Å². The highest BCUT2D eigenvalue weighted by molar-refractivity contribution is 7.10. The van der Waals surface area contributed by atoms with E-state index in [1.54, 1.807) is 18.2 Å². The molecule has 3 rings (SSSR count). The van der Waals surface area contributed by atoms with Gasteiger partial charge in [0.2, 0.25) is 0 Å². The topological polar surface area (TPSA) is 41.1 Å². The van der Waals surface area contributed by atoms with Crippen molar-refractivity contribution < 1.29 is 9.18 Å². The van der Waals surface area contributed by atoms with E-state index in [4.69, 9.17) is 23.2 Å². The Morgan fingerprint density at radius 1 is 1.28 bits per heavy atom. The normalized spacial score (nSPS) is 17.9. The molecule has 2 aromatic rings. The number of nitrogens with one attached hydrogen (secondary N) is 2. The lowest BCUT2D eigenvalue weighted by molar-refractivity contribution is 0.0620. The lowest BCUT2D eigenvalue weighted by atomic mass is 9.74. The molecule has 1 aromatic carbocycles. The molecule has 0 radical (unpaired) electrons. The molecule has 1 saturated heterocycles. The minimum absolute atomic E-state index is 0.275. The first-order valence-corrected chi connectivity index (χ1v) is 9.76. The summed E-state index contributed by atoms with van der Waals surface area (Å²) in [5.41, 5.74) is -0.221. The fraction of sp³-hybridized carbons (Fsp3) is 0.389. The molecule has 1 atom stereocenters. The van der Waals surface area contributed by atoms with Crippen molar-refractivity contribution in [2.24, 2.45) is 5.41 Å². The van der Waals surface area contributed by atoms with E-state index in [0.29, 0.717) is 33.3 Å². The summed E-state index contributed by atoms with van der Waals surface area (Å²) < 4.78 is 15.3. The molecule has 0 saturated carbocycles. The van der Waals surface area contributed by atoms with Crippen LogP contribution in [0.3, 0.4) is 0 Å². The number of alkyl halides is 1. The molecule has 3 nitrogen and oxygen atoms in total. The highest BCUT2D eigenvalue weighted by Crippen LogP contribution is 2.45. The zero-order valence-electron chi connectivity index (χ0n) is 13.5. The number of carbonyl (C=O) groups is 1. The van der Waals surface area contributed by atoms with Gasteiger partial charge in [0.25, 0.3) is 5.91 Å². The summed E-state index contributed by atoms with van der Waals surface area (Å²) in [6.07, 6.45) is 0.239. The van der Waals surface area contributed by atoms with Gasteiger partial charge >= 0.3 is 0 Å². The van der Waals surface area contributed by atoms with Gasteiger partial charge in [-0.05, 0) is 55.6 Å². The highest BCUT2D eigenvalue weighted by Gasteiger charge is 2.42. The lowest BCUT2D eigenvalue weighted by Gasteiger charge is -2.40. The Morgan fingerprint density at radius 3 is 2.56 bits per heavy atom. The predicted molar refractivity (Wildman–Crippen MR) is 101 cm³/mol. The molecule has 1 fully saturated rings. The van der Waals surface area contributed by atoms with Gasteiger partial charge in [0.15, 0.2) is 0 Å². The first-order chi connectivity index (χ1) is 12.0. The molecule has 7 heteroatoms. The third-order valence-corrected chi connectivity index (χ3v) is 6.00. The van der Waals surface area contributed by atoms with Gasteiger partial charge in [0.05, 0.1) is 0 Å². The number of carbonyl (C=O) groups excluding carboxylic acids is 1. The van der Waals surface area contributed by atoms with E-state index in [0.717, 1.165) is 13.1 Å². The molecule has 0 spiro atoms. The van der Waals surface area contributed by atoms with E-state index in [-0.39, 0.29) is 12.5 Å². The number of hydrogen-bond donors (Lipinski definition) is 2. The Kier molecular flexibility index (Phi) is 6.00. The first kappa shape index (κ1) is 18.6. The maximum absolute atomic E-state index is 15.3. The third kappa shape index (κ3) is 4.34. The van der Waals surface area contributed by atoms with Crippen molar-refractivity contribution in [2.45, 2.75) is 19.0 Å². The lowest BCUT2D eigenvalue weighted by Crippen LogP contribution is -2.47. The summed E-state index contributed by atoms with van der Waals surface area (Å²) in [5, 5.41) is 8.83. The van der Waals surface area contributed by atoms with E-state index in [9.17, 15) is 4.79 Å². The fourth-order valence-electron chi connectivity index (χ4n) is 3.23. The molecule has 0 bridgehead atoms. The molecule has 1 aliphatic rings. The number of halogens is 3. The van der Waals surface area contributed by atoms with Crippen molar-refractivity contribution in [3.8, 4) is 0 Å². The number of benzene rings is 1. The van der Waals surface area contributed by atoms with Crippen LogP contribution in [0.4, 0.5) is 4.39 Å². The van der Waals surface area contributed by atoms with Crippen LogP contribution in [-0.4, -0.2) is 25.5 Å². The summed E-state index contributed by atoms with van der Waals surface area (Å²) in [6.45, 7) is 1.76. The minimum atomic E-state index is -1.10. The van der Waals surface area contributed by atoms with Crippen LogP contribution < -0.4 is 10.6 Å². The zero-order valence-corrected chi connectivity index (χ0v) is 15.9. The second-order valence-corrected chi connectivity index (χ2v) is 8.18. The standard InChI is InChI=1S/C18H19Cl2FN2OS/c19-13-8-12(9-14(20)10-13)17(24)23-11-18(3-5-22-6-4-18)16(21)15-2-1-7-25-15/h1-2,7-10,16,22H,3-6,11H2,(H,23,24). The van der Waals surface area contributed by atoms with Crippen molar-refractivity contribution >= 4 is 40.4 Å². The van der Waals surface area contributed by atoms with Gasteiger partial charge in [0, 0.05) is 32.4 Å². The van der Waals surface area contributed by atoms with Crippen LogP contribution in [0.1, 0.15) is 34.2 Å². The minimum Gasteiger partial charge on any atom is -0.351 e. The molecule has 0 aliphatic carbocycles. The quantitative estimate of drug-likeness (QED) is 0.751. The number of piperidine rings is 1. The second-order valence-electron chi connectivity index (χ2n) is 6.33. The van der Waals surface area contributed by atoms with E-state index >= 15 is 4.39 Å². The molecule has 2 heterocycles. The summed E-state index contributed by atoms with van der Waals surface area (Å²) in [7, 11) is 0. The fourth-order valence-corrected chi connectivity index (χ4v) is 4.59. The van der Waals surface area contributed by atoms with Crippen LogP contribution in [-0.2, 0) is 0 Å². The molecule has 134 valence electrons. The van der Waals surface area contributed by atoms with Gasteiger partial charge < -0.3 is 10.6 Å². The largest absolute Gasteiger partial charge is 0.351 e. The van der Waals surface area contributed by atoms with Crippen LogP contribution in [0.2, 0.25) is 10.0 Å². The number of hydrogen-bond acceptors (Lipinski definition) is 3. The second kappa shape index (κ2) is 8.04. The molecule has 1 amide bonds.